The summed E-state index contributed by atoms with van der Waals surface area (Å²) in [6.45, 7) is 0.212. The van der Waals surface area contributed by atoms with E-state index < -0.39 is 0 Å². The van der Waals surface area contributed by atoms with E-state index in [9.17, 15) is 4.79 Å². The van der Waals surface area contributed by atoms with Crippen LogP contribution in [0.25, 0.3) is 0 Å². The highest BCUT2D eigenvalue weighted by molar-refractivity contribution is 7.07. The van der Waals surface area contributed by atoms with Crippen molar-refractivity contribution in [3.05, 3.63) is 16.6 Å². The van der Waals surface area contributed by atoms with Crippen LogP contribution in [0.2, 0.25) is 0 Å². The number of carbonyl (C=O) groups is 1. The Kier molecular flexibility index (Phi) is 3.90. The molecular formula is C8H11NO2S. The van der Waals surface area contributed by atoms with Gasteiger partial charge in [-0.15, -0.1) is 11.3 Å². The maximum Gasteiger partial charge on any atom is 0.158 e. The molecule has 0 aliphatic heterocycles. The number of thiazole rings is 1. The van der Waals surface area contributed by atoms with Crippen LogP contribution < -0.4 is 0 Å². The Morgan fingerprint density at radius 2 is 2.58 bits per heavy atom. The van der Waals surface area contributed by atoms with Gasteiger partial charge in [-0.05, 0) is 6.42 Å². The van der Waals surface area contributed by atoms with Gasteiger partial charge in [-0.3, -0.25) is 4.79 Å². The maximum absolute atomic E-state index is 11.0. The SMILES string of the molecule is COCC(=O)CCc1cscn1. The zero-order valence-electron chi connectivity index (χ0n) is 6.95. The van der Waals surface area contributed by atoms with Crippen molar-refractivity contribution in [1.82, 2.24) is 4.98 Å². The smallest absolute Gasteiger partial charge is 0.158 e. The molecule has 1 rings (SSSR count). The molecule has 0 amide bonds. The monoisotopic (exact) mass is 185 g/mol. The molecule has 0 spiro atoms. The van der Waals surface area contributed by atoms with Gasteiger partial charge in [-0.25, -0.2) is 4.98 Å². The van der Waals surface area contributed by atoms with Gasteiger partial charge in [0.15, 0.2) is 5.78 Å². The molecule has 0 aromatic carbocycles. The number of nitrogens with zero attached hydrogens (tertiary/aromatic N) is 1. The Bertz CT molecular complexity index is 233. The lowest BCUT2D eigenvalue weighted by molar-refractivity contribution is -0.122. The van der Waals surface area contributed by atoms with E-state index in [1.54, 1.807) is 16.8 Å². The van der Waals surface area contributed by atoms with Crippen molar-refractivity contribution < 1.29 is 9.53 Å². The summed E-state index contributed by atoms with van der Waals surface area (Å²) in [5.74, 6) is 0.130. The van der Waals surface area contributed by atoms with Crippen LogP contribution in [0.3, 0.4) is 0 Å². The van der Waals surface area contributed by atoms with Crippen molar-refractivity contribution in [3.63, 3.8) is 0 Å². The van der Waals surface area contributed by atoms with Crippen LogP contribution in [-0.2, 0) is 16.0 Å². The summed E-state index contributed by atoms with van der Waals surface area (Å²) in [4.78, 5) is 15.1. The Morgan fingerprint density at radius 3 is 3.17 bits per heavy atom. The van der Waals surface area contributed by atoms with Crippen molar-refractivity contribution >= 4 is 17.1 Å². The first kappa shape index (κ1) is 9.35. The molecule has 0 aliphatic rings. The molecule has 0 aliphatic carbocycles. The first-order valence-electron chi connectivity index (χ1n) is 3.70. The molecule has 1 aromatic rings. The fourth-order valence-corrected chi connectivity index (χ4v) is 1.45. The van der Waals surface area contributed by atoms with Gasteiger partial charge in [0.25, 0.3) is 0 Å². The zero-order chi connectivity index (χ0) is 8.81. The quantitative estimate of drug-likeness (QED) is 0.694. The summed E-state index contributed by atoms with van der Waals surface area (Å²) in [6, 6.07) is 0. The van der Waals surface area contributed by atoms with E-state index in [4.69, 9.17) is 4.74 Å². The second kappa shape index (κ2) is 5.00. The van der Waals surface area contributed by atoms with Gasteiger partial charge in [0, 0.05) is 18.9 Å². The van der Waals surface area contributed by atoms with Crippen molar-refractivity contribution in [2.24, 2.45) is 0 Å². The van der Waals surface area contributed by atoms with Crippen LogP contribution in [0, 0.1) is 0 Å². The zero-order valence-corrected chi connectivity index (χ0v) is 7.76. The third-order valence-electron chi connectivity index (χ3n) is 1.45. The Hall–Kier alpha value is -0.740. The van der Waals surface area contributed by atoms with Gasteiger partial charge in [-0.2, -0.15) is 0 Å². The number of hydrogen-bond donors (Lipinski definition) is 0. The van der Waals surface area contributed by atoms with Gasteiger partial charge >= 0.3 is 0 Å². The average molecular weight is 185 g/mol. The summed E-state index contributed by atoms with van der Waals surface area (Å²) in [6.07, 6.45) is 1.25. The normalized spacial score (nSPS) is 10.1. The minimum absolute atomic E-state index is 0.130. The molecule has 0 radical (unpaired) electrons. The number of methoxy groups -OCH3 is 1. The maximum atomic E-state index is 11.0. The van der Waals surface area contributed by atoms with Crippen LogP contribution in [0.5, 0.6) is 0 Å². The van der Waals surface area contributed by atoms with E-state index in [0.29, 0.717) is 6.42 Å². The summed E-state index contributed by atoms with van der Waals surface area (Å²) in [5, 5.41) is 1.96. The second-order valence-corrected chi connectivity index (χ2v) is 3.17. The first-order chi connectivity index (χ1) is 5.83. The molecule has 12 heavy (non-hydrogen) atoms. The Morgan fingerprint density at radius 1 is 1.75 bits per heavy atom. The van der Waals surface area contributed by atoms with Gasteiger partial charge < -0.3 is 4.74 Å². The summed E-state index contributed by atoms with van der Waals surface area (Å²) < 4.78 is 4.71. The number of aryl methyl sites for hydroxylation is 1. The second-order valence-electron chi connectivity index (χ2n) is 2.45. The number of Topliss-reactive ketones (excluding diaryl/α,β-unsaturated/α-hetero) is 1. The minimum atomic E-state index is 0.130. The molecular weight excluding hydrogens is 174 g/mol. The predicted molar refractivity (Wildman–Crippen MR) is 47.3 cm³/mol. The van der Waals surface area contributed by atoms with Gasteiger partial charge in [0.2, 0.25) is 0 Å². The van der Waals surface area contributed by atoms with Gasteiger partial charge in [0.05, 0.1) is 11.2 Å². The molecule has 0 atom stereocenters. The molecule has 0 fully saturated rings. The van der Waals surface area contributed by atoms with Gasteiger partial charge in [0.1, 0.15) is 6.61 Å². The highest BCUT2D eigenvalue weighted by Gasteiger charge is 2.02. The molecule has 1 aromatic heterocycles. The summed E-state index contributed by atoms with van der Waals surface area (Å²) in [7, 11) is 1.53. The molecule has 0 saturated carbocycles. The molecule has 1 heterocycles. The molecule has 66 valence electrons. The van der Waals surface area contributed by atoms with E-state index in [0.717, 1.165) is 12.1 Å². The summed E-state index contributed by atoms with van der Waals surface area (Å²) >= 11 is 1.55. The fraction of sp³-hybridized carbons (Fsp3) is 0.500. The van der Waals surface area contributed by atoms with Crippen molar-refractivity contribution in [2.45, 2.75) is 12.8 Å². The molecule has 0 bridgehead atoms. The summed E-state index contributed by atoms with van der Waals surface area (Å²) in [5.41, 5.74) is 2.76. The van der Waals surface area contributed by atoms with Crippen LogP contribution in [-0.4, -0.2) is 24.5 Å². The first-order valence-corrected chi connectivity index (χ1v) is 4.65. The topological polar surface area (TPSA) is 39.2 Å². The molecule has 0 unspecified atom stereocenters. The van der Waals surface area contributed by atoms with E-state index >= 15 is 0 Å². The fourth-order valence-electron chi connectivity index (χ4n) is 0.862. The van der Waals surface area contributed by atoms with E-state index in [1.165, 1.54) is 7.11 Å². The minimum Gasteiger partial charge on any atom is -0.377 e. The molecule has 4 heteroatoms. The third kappa shape index (κ3) is 3.11. The largest absolute Gasteiger partial charge is 0.377 e. The van der Waals surface area contributed by atoms with E-state index in [2.05, 4.69) is 4.98 Å². The number of aromatic nitrogens is 1. The van der Waals surface area contributed by atoms with E-state index in [-0.39, 0.29) is 12.4 Å². The molecule has 3 nitrogen and oxygen atoms in total. The van der Waals surface area contributed by atoms with E-state index in [1.807, 2.05) is 5.38 Å². The number of rotatable bonds is 5. The van der Waals surface area contributed by atoms with Crippen LogP contribution >= 0.6 is 11.3 Å². The van der Waals surface area contributed by atoms with Crippen LogP contribution in [0.15, 0.2) is 10.9 Å². The van der Waals surface area contributed by atoms with Crippen molar-refractivity contribution in [1.29, 1.82) is 0 Å². The molecule has 0 saturated heterocycles. The van der Waals surface area contributed by atoms with Crippen LogP contribution in [0.1, 0.15) is 12.1 Å². The lowest BCUT2D eigenvalue weighted by atomic mass is 10.2. The Labute approximate surface area is 75.4 Å². The lowest BCUT2D eigenvalue weighted by Gasteiger charge is -1.96. The van der Waals surface area contributed by atoms with Crippen molar-refractivity contribution in [3.8, 4) is 0 Å². The number of carbonyl (C=O) groups excluding carboxylic acids is 1. The van der Waals surface area contributed by atoms with Gasteiger partial charge in [-0.1, -0.05) is 0 Å². The lowest BCUT2D eigenvalue weighted by Crippen LogP contribution is -2.07. The third-order valence-corrected chi connectivity index (χ3v) is 2.08. The average Bonchev–Trinajstić information content (AvgIpc) is 2.53. The highest BCUT2D eigenvalue weighted by atomic mass is 32.1. The predicted octanol–water partition coefficient (Wildman–Crippen LogP) is 1.29. The standard InChI is InChI=1S/C8H11NO2S/c1-11-4-8(10)3-2-7-5-12-6-9-7/h5-6H,2-4H2,1H3. The molecule has 0 N–H and O–H groups in total. The number of hydrogen-bond acceptors (Lipinski definition) is 4. The number of ketones is 1. The number of ether oxygens (including phenoxy) is 1. The van der Waals surface area contributed by atoms with Crippen LogP contribution in [0.4, 0.5) is 0 Å². The highest BCUT2D eigenvalue weighted by Crippen LogP contribution is 2.03. The van der Waals surface area contributed by atoms with Crippen molar-refractivity contribution in [2.75, 3.05) is 13.7 Å². The Balaban J connectivity index is 2.22.